The van der Waals surface area contributed by atoms with E-state index in [1.165, 1.54) is 18.2 Å². The molecule has 1 aliphatic rings. The lowest BCUT2D eigenvalue weighted by Crippen LogP contribution is -2.30. The summed E-state index contributed by atoms with van der Waals surface area (Å²) in [5.74, 6) is 2.72. The minimum Gasteiger partial charge on any atom is -0.485 e. The van der Waals surface area contributed by atoms with Crippen molar-refractivity contribution in [1.82, 2.24) is 15.5 Å². The lowest BCUT2D eigenvalue weighted by Gasteiger charge is -2.20. The molecule has 4 rings (SSSR count). The van der Waals surface area contributed by atoms with Crippen molar-refractivity contribution in [2.75, 3.05) is 13.1 Å². The van der Waals surface area contributed by atoms with Crippen molar-refractivity contribution in [2.45, 2.75) is 25.9 Å². The number of nitrogens with zero attached hydrogens (tertiary/aromatic N) is 2. The Balaban J connectivity index is 1.36. The molecule has 0 spiro atoms. The van der Waals surface area contributed by atoms with Crippen LogP contribution in [0.3, 0.4) is 0 Å². The van der Waals surface area contributed by atoms with E-state index in [0.717, 1.165) is 30.6 Å². The van der Waals surface area contributed by atoms with E-state index in [1.807, 2.05) is 24.3 Å². The van der Waals surface area contributed by atoms with E-state index in [1.54, 1.807) is 0 Å². The summed E-state index contributed by atoms with van der Waals surface area (Å²) in [7, 11) is 0. The smallest absolute Gasteiger partial charge is 0.227 e. The van der Waals surface area contributed by atoms with Crippen molar-refractivity contribution in [3.63, 3.8) is 0 Å². The molecule has 1 aromatic heterocycles. The average Bonchev–Trinajstić information content (AvgIpc) is 3.08. The first kappa shape index (κ1) is 15.1. The third-order valence-corrected chi connectivity index (χ3v) is 4.46. The molecule has 1 fully saturated rings. The van der Waals surface area contributed by atoms with Crippen LogP contribution in [0.5, 0.6) is 5.75 Å². The second-order valence-electron chi connectivity index (χ2n) is 6.32. The van der Waals surface area contributed by atoms with Crippen molar-refractivity contribution in [3.8, 4) is 5.75 Å². The zero-order chi connectivity index (χ0) is 16.2. The predicted molar refractivity (Wildman–Crippen MR) is 91.9 cm³/mol. The fraction of sp³-hybridized carbons (Fsp3) is 0.368. The van der Waals surface area contributed by atoms with Gasteiger partial charge in [-0.25, -0.2) is 0 Å². The van der Waals surface area contributed by atoms with Crippen LogP contribution in [0.25, 0.3) is 10.8 Å². The molecule has 1 N–H and O–H groups in total. The van der Waals surface area contributed by atoms with Crippen molar-refractivity contribution in [1.29, 1.82) is 0 Å². The molecule has 0 saturated carbocycles. The highest BCUT2D eigenvalue weighted by Gasteiger charge is 2.17. The maximum atomic E-state index is 5.81. The second kappa shape index (κ2) is 7.01. The summed E-state index contributed by atoms with van der Waals surface area (Å²) in [5, 5.41) is 9.80. The Morgan fingerprint density at radius 2 is 2.08 bits per heavy atom. The molecule has 24 heavy (non-hydrogen) atoms. The normalized spacial score (nSPS) is 17.9. The monoisotopic (exact) mass is 323 g/mol. The Labute approximate surface area is 141 Å². The number of aromatic nitrogens is 2. The number of rotatable bonds is 5. The maximum Gasteiger partial charge on any atom is 0.227 e. The average molecular weight is 323 g/mol. The van der Waals surface area contributed by atoms with E-state index in [0.29, 0.717) is 24.2 Å². The third-order valence-electron chi connectivity index (χ3n) is 4.46. The summed E-state index contributed by atoms with van der Waals surface area (Å²) in [5.41, 5.74) is 0. The van der Waals surface area contributed by atoms with E-state index in [9.17, 15) is 0 Å². The highest BCUT2D eigenvalue weighted by atomic mass is 16.5. The van der Waals surface area contributed by atoms with Gasteiger partial charge in [-0.05, 0) is 54.8 Å². The van der Waals surface area contributed by atoms with Gasteiger partial charge in [0.25, 0.3) is 0 Å². The fourth-order valence-corrected chi connectivity index (χ4v) is 3.18. The summed E-state index contributed by atoms with van der Waals surface area (Å²) < 4.78 is 11.2. The van der Waals surface area contributed by atoms with E-state index < -0.39 is 0 Å². The quantitative estimate of drug-likeness (QED) is 0.780. The zero-order valence-corrected chi connectivity index (χ0v) is 13.6. The fourth-order valence-electron chi connectivity index (χ4n) is 3.18. The summed E-state index contributed by atoms with van der Waals surface area (Å²) >= 11 is 0. The summed E-state index contributed by atoms with van der Waals surface area (Å²) in [6, 6.07) is 14.3. The highest BCUT2D eigenvalue weighted by molar-refractivity contribution is 5.83. The Hall–Kier alpha value is -2.40. The first-order valence-corrected chi connectivity index (χ1v) is 8.50. The highest BCUT2D eigenvalue weighted by Crippen LogP contribution is 2.21. The molecule has 124 valence electrons. The van der Waals surface area contributed by atoms with Gasteiger partial charge in [0.05, 0.1) is 0 Å². The van der Waals surface area contributed by atoms with Gasteiger partial charge in [-0.1, -0.05) is 35.5 Å². The molecule has 5 heteroatoms. The van der Waals surface area contributed by atoms with Gasteiger partial charge in [-0.3, -0.25) is 0 Å². The Morgan fingerprint density at radius 3 is 2.96 bits per heavy atom. The standard InChI is InChI=1S/C19H21N3O2/c1-2-6-16-11-17(8-7-15(16)5-1)23-13-18-21-19(24-22-18)10-14-4-3-9-20-12-14/h1-2,5-8,11,14,20H,3-4,9-10,12-13H2. The second-order valence-corrected chi connectivity index (χ2v) is 6.32. The van der Waals surface area contributed by atoms with Gasteiger partial charge in [0.2, 0.25) is 11.7 Å². The summed E-state index contributed by atoms with van der Waals surface area (Å²) in [6.07, 6.45) is 3.28. The number of piperidine rings is 1. The predicted octanol–water partition coefficient (Wildman–Crippen LogP) is 3.34. The SMILES string of the molecule is c1ccc2cc(OCc3noc(CC4CCCNC4)n3)ccc2c1. The lowest BCUT2D eigenvalue weighted by atomic mass is 9.96. The van der Waals surface area contributed by atoms with Crippen LogP contribution < -0.4 is 10.1 Å². The number of benzene rings is 2. The number of ether oxygens (including phenoxy) is 1. The zero-order valence-electron chi connectivity index (χ0n) is 13.6. The number of fused-ring (bicyclic) bond motifs is 1. The lowest BCUT2D eigenvalue weighted by molar-refractivity contribution is 0.282. The molecule has 1 unspecified atom stereocenters. The van der Waals surface area contributed by atoms with E-state index in [2.05, 4.69) is 33.7 Å². The van der Waals surface area contributed by atoms with Crippen molar-refractivity contribution >= 4 is 10.8 Å². The largest absolute Gasteiger partial charge is 0.485 e. The van der Waals surface area contributed by atoms with Gasteiger partial charge in [0.15, 0.2) is 6.61 Å². The summed E-state index contributed by atoms with van der Waals surface area (Å²) in [4.78, 5) is 4.45. The van der Waals surface area contributed by atoms with Crippen molar-refractivity contribution < 1.29 is 9.26 Å². The van der Waals surface area contributed by atoms with Gasteiger partial charge < -0.3 is 14.6 Å². The van der Waals surface area contributed by atoms with Crippen LogP contribution in [-0.2, 0) is 13.0 Å². The number of hydrogen-bond donors (Lipinski definition) is 1. The molecule has 0 amide bonds. The molecule has 0 aliphatic carbocycles. The molecular weight excluding hydrogens is 302 g/mol. The van der Waals surface area contributed by atoms with Crippen molar-refractivity contribution in [2.24, 2.45) is 5.92 Å². The molecule has 5 nitrogen and oxygen atoms in total. The number of hydrogen-bond acceptors (Lipinski definition) is 5. The Bertz CT molecular complexity index is 809. The molecule has 0 radical (unpaired) electrons. The minimum atomic E-state index is 0.324. The van der Waals surface area contributed by atoms with Crippen LogP contribution in [0.1, 0.15) is 24.6 Å². The molecule has 1 aliphatic heterocycles. The van der Waals surface area contributed by atoms with Crippen LogP contribution in [-0.4, -0.2) is 23.2 Å². The van der Waals surface area contributed by atoms with Gasteiger partial charge in [0, 0.05) is 6.42 Å². The van der Waals surface area contributed by atoms with Crippen LogP contribution in [0.4, 0.5) is 0 Å². The summed E-state index contributed by atoms with van der Waals surface area (Å²) in [6.45, 7) is 2.47. The van der Waals surface area contributed by atoms with Crippen LogP contribution in [0.2, 0.25) is 0 Å². The van der Waals surface area contributed by atoms with Crippen LogP contribution >= 0.6 is 0 Å². The molecule has 3 aromatic rings. The molecule has 2 aromatic carbocycles. The molecular formula is C19H21N3O2. The van der Waals surface area contributed by atoms with E-state index >= 15 is 0 Å². The van der Waals surface area contributed by atoms with Crippen molar-refractivity contribution in [3.05, 3.63) is 54.2 Å². The van der Waals surface area contributed by atoms with E-state index in [-0.39, 0.29) is 0 Å². The Morgan fingerprint density at radius 1 is 1.17 bits per heavy atom. The molecule has 2 heterocycles. The first-order valence-electron chi connectivity index (χ1n) is 8.50. The van der Waals surface area contributed by atoms with Gasteiger partial charge in [0.1, 0.15) is 5.75 Å². The molecule has 1 atom stereocenters. The van der Waals surface area contributed by atoms with Gasteiger partial charge >= 0.3 is 0 Å². The third kappa shape index (κ3) is 3.57. The maximum absolute atomic E-state index is 5.81. The van der Waals surface area contributed by atoms with Gasteiger partial charge in [-0.15, -0.1) is 0 Å². The first-order chi connectivity index (χ1) is 11.9. The van der Waals surface area contributed by atoms with Gasteiger partial charge in [-0.2, -0.15) is 4.98 Å². The minimum absolute atomic E-state index is 0.324. The van der Waals surface area contributed by atoms with E-state index in [4.69, 9.17) is 9.26 Å². The number of nitrogens with one attached hydrogen (secondary N) is 1. The molecule has 1 saturated heterocycles. The van der Waals surface area contributed by atoms with Crippen LogP contribution in [0.15, 0.2) is 47.0 Å². The Kier molecular flexibility index (Phi) is 4.42. The molecule has 0 bridgehead atoms. The topological polar surface area (TPSA) is 60.2 Å². The van der Waals surface area contributed by atoms with Crippen LogP contribution in [0, 0.1) is 5.92 Å².